The summed E-state index contributed by atoms with van der Waals surface area (Å²) in [5.41, 5.74) is 13.0. The summed E-state index contributed by atoms with van der Waals surface area (Å²) in [6.45, 7) is 1.68. The molecule has 1 aliphatic rings. The van der Waals surface area contributed by atoms with Crippen molar-refractivity contribution < 1.29 is 13.9 Å². The summed E-state index contributed by atoms with van der Waals surface area (Å²) in [6.07, 6.45) is 0. The van der Waals surface area contributed by atoms with Crippen LogP contribution < -0.4 is 16.8 Å². The number of nitrogens with zero attached hydrogens (tertiary/aromatic N) is 2. The largest absolute Gasteiger partial charge is 0.466 e. The van der Waals surface area contributed by atoms with Crippen LogP contribution in [0.2, 0.25) is 0 Å². The van der Waals surface area contributed by atoms with Crippen molar-refractivity contribution >= 4 is 23.6 Å². The lowest BCUT2D eigenvalue weighted by Crippen LogP contribution is -2.26. The first-order valence-electron chi connectivity index (χ1n) is 7.17. The van der Waals surface area contributed by atoms with Crippen LogP contribution in [0.4, 0.5) is 22.0 Å². The molecule has 0 aliphatic carbocycles. The molecule has 1 aromatic carbocycles. The van der Waals surface area contributed by atoms with Gasteiger partial charge in [-0.15, -0.1) is 0 Å². The topological polar surface area (TPSA) is 116 Å². The average molecular weight is 329 g/mol. The predicted octanol–water partition coefficient (Wildman–Crippen LogP) is 1.78. The maximum Gasteiger partial charge on any atom is 0.336 e. The number of aromatic nitrogens is 2. The number of rotatable bonds is 2. The molecule has 124 valence electrons. The Morgan fingerprint density at radius 1 is 1.29 bits per heavy atom. The first kappa shape index (κ1) is 15.7. The third-order valence-electron chi connectivity index (χ3n) is 3.90. The molecule has 2 heterocycles. The van der Waals surface area contributed by atoms with E-state index in [-0.39, 0.29) is 22.9 Å². The van der Waals surface area contributed by atoms with Crippen LogP contribution in [0.15, 0.2) is 35.5 Å². The summed E-state index contributed by atoms with van der Waals surface area (Å²) < 4.78 is 19.3. The molecule has 2 aromatic rings. The van der Waals surface area contributed by atoms with Gasteiger partial charge < -0.3 is 21.5 Å². The Labute approximate surface area is 137 Å². The SMILES string of the molecule is COC(=O)C1=C(C)Nc2nc(N)nc(N)c2C1c1ccccc1F. The van der Waals surface area contributed by atoms with E-state index in [9.17, 15) is 9.18 Å². The van der Waals surface area contributed by atoms with Gasteiger partial charge in [0.2, 0.25) is 5.95 Å². The van der Waals surface area contributed by atoms with Crippen molar-refractivity contribution in [2.75, 3.05) is 23.9 Å². The fourth-order valence-corrected chi connectivity index (χ4v) is 2.89. The molecular weight excluding hydrogens is 313 g/mol. The summed E-state index contributed by atoms with van der Waals surface area (Å²) in [5, 5.41) is 2.97. The lowest BCUT2D eigenvalue weighted by atomic mass is 9.81. The van der Waals surface area contributed by atoms with Gasteiger partial charge in [-0.2, -0.15) is 9.97 Å². The number of esters is 1. The zero-order valence-corrected chi connectivity index (χ0v) is 13.1. The van der Waals surface area contributed by atoms with E-state index in [4.69, 9.17) is 16.2 Å². The number of methoxy groups -OCH3 is 1. The van der Waals surface area contributed by atoms with Crippen molar-refractivity contribution in [1.82, 2.24) is 9.97 Å². The first-order valence-corrected chi connectivity index (χ1v) is 7.17. The number of carbonyl (C=O) groups is 1. The molecule has 0 fully saturated rings. The molecule has 0 saturated heterocycles. The zero-order valence-electron chi connectivity index (χ0n) is 13.1. The van der Waals surface area contributed by atoms with E-state index in [2.05, 4.69) is 15.3 Å². The van der Waals surface area contributed by atoms with Gasteiger partial charge in [-0.05, 0) is 13.0 Å². The van der Waals surface area contributed by atoms with Gasteiger partial charge in [0.05, 0.1) is 18.6 Å². The van der Waals surface area contributed by atoms with Gasteiger partial charge >= 0.3 is 5.97 Å². The number of carbonyl (C=O) groups excluding carboxylic acids is 1. The molecule has 1 aromatic heterocycles. The molecule has 24 heavy (non-hydrogen) atoms. The summed E-state index contributed by atoms with van der Waals surface area (Å²) >= 11 is 0. The second-order valence-corrected chi connectivity index (χ2v) is 5.34. The smallest absolute Gasteiger partial charge is 0.336 e. The summed E-state index contributed by atoms with van der Waals surface area (Å²) in [5.74, 6) is -1.45. The molecular formula is C16H16FN5O2. The fourth-order valence-electron chi connectivity index (χ4n) is 2.89. The molecule has 1 unspecified atom stereocenters. The van der Waals surface area contributed by atoms with Crippen molar-refractivity contribution in [3.8, 4) is 0 Å². The maximum absolute atomic E-state index is 14.4. The Bertz CT molecular complexity index is 866. The molecule has 0 amide bonds. The Morgan fingerprint density at radius 3 is 2.67 bits per heavy atom. The number of nitrogen functional groups attached to an aromatic ring is 2. The molecule has 0 bridgehead atoms. The number of anilines is 3. The highest BCUT2D eigenvalue weighted by atomic mass is 19.1. The van der Waals surface area contributed by atoms with Gasteiger partial charge in [0.25, 0.3) is 0 Å². The van der Waals surface area contributed by atoms with Gasteiger partial charge in [0, 0.05) is 16.8 Å². The standard InChI is InChI=1S/C16H16FN5O2/c1-7-10(15(23)24-2)11(8-5-3-4-6-9(8)17)12-13(18)21-16(19)22-14(12)20-7/h3-6,11H,1-2H3,(H5,18,19,20,21,22). The van der Waals surface area contributed by atoms with Crippen LogP contribution in [0.25, 0.3) is 0 Å². The van der Waals surface area contributed by atoms with Crippen molar-refractivity contribution in [2.24, 2.45) is 0 Å². The first-order chi connectivity index (χ1) is 11.4. The van der Waals surface area contributed by atoms with E-state index >= 15 is 0 Å². The third kappa shape index (κ3) is 2.41. The number of hydrogen-bond donors (Lipinski definition) is 3. The summed E-state index contributed by atoms with van der Waals surface area (Å²) in [4.78, 5) is 20.4. The normalized spacial score (nSPS) is 16.4. The van der Waals surface area contributed by atoms with E-state index < -0.39 is 17.7 Å². The van der Waals surface area contributed by atoms with Crippen LogP contribution >= 0.6 is 0 Å². The quantitative estimate of drug-likeness (QED) is 0.719. The van der Waals surface area contributed by atoms with E-state index in [0.29, 0.717) is 17.1 Å². The number of allylic oxidation sites excluding steroid dienone is 1. The van der Waals surface area contributed by atoms with Gasteiger partial charge in [0.1, 0.15) is 17.5 Å². The van der Waals surface area contributed by atoms with E-state index in [0.717, 1.165) is 0 Å². The molecule has 8 heteroatoms. The fraction of sp³-hybridized carbons (Fsp3) is 0.188. The van der Waals surface area contributed by atoms with Gasteiger partial charge in [-0.25, -0.2) is 9.18 Å². The molecule has 1 aliphatic heterocycles. The number of nitrogens with one attached hydrogen (secondary N) is 1. The van der Waals surface area contributed by atoms with Crippen molar-refractivity contribution in [3.05, 3.63) is 52.5 Å². The highest BCUT2D eigenvalue weighted by molar-refractivity contribution is 5.95. The van der Waals surface area contributed by atoms with Crippen LogP contribution in [-0.4, -0.2) is 23.0 Å². The van der Waals surface area contributed by atoms with Crippen LogP contribution in [0, 0.1) is 5.82 Å². The number of hydrogen-bond acceptors (Lipinski definition) is 7. The summed E-state index contributed by atoms with van der Waals surface area (Å²) in [7, 11) is 1.26. The average Bonchev–Trinajstić information content (AvgIpc) is 2.53. The Kier molecular flexibility index (Phi) is 3.80. The predicted molar refractivity (Wildman–Crippen MR) is 87.4 cm³/mol. The molecule has 3 rings (SSSR count). The molecule has 0 spiro atoms. The highest BCUT2D eigenvalue weighted by Crippen LogP contribution is 2.44. The number of benzene rings is 1. The third-order valence-corrected chi connectivity index (χ3v) is 3.90. The van der Waals surface area contributed by atoms with Gasteiger partial charge in [-0.1, -0.05) is 18.2 Å². The minimum Gasteiger partial charge on any atom is -0.466 e. The van der Waals surface area contributed by atoms with E-state index in [1.807, 2.05) is 0 Å². The van der Waals surface area contributed by atoms with Crippen LogP contribution in [0.5, 0.6) is 0 Å². The van der Waals surface area contributed by atoms with E-state index in [1.54, 1.807) is 25.1 Å². The molecule has 7 nitrogen and oxygen atoms in total. The Morgan fingerprint density at radius 2 is 2.00 bits per heavy atom. The van der Waals surface area contributed by atoms with Crippen molar-refractivity contribution in [2.45, 2.75) is 12.8 Å². The molecule has 0 radical (unpaired) electrons. The zero-order chi connectivity index (χ0) is 17.4. The number of nitrogens with two attached hydrogens (primary N) is 2. The monoisotopic (exact) mass is 329 g/mol. The number of fused-ring (bicyclic) bond motifs is 1. The minimum absolute atomic E-state index is 0.0136. The van der Waals surface area contributed by atoms with Gasteiger partial charge in [-0.3, -0.25) is 0 Å². The highest BCUT2D eigenvalue weighted by Gasteiger charge is 2.37. The van der Waals surface area contributed by atoms with Crippen LogP contribution in [0.1, 0.15) is 24.0 Å². The Hall–Kier alpha value is -3.16. The van der Waals surface area contributed by atoms with Crippen molar-refractivity contribution in [3.63, 3.8) is 0 Å². The van der Waals surface area contributed by atoms with E-state index in [1.165, 1.54) is 13.2 Å². The summed E-state index contributed by atoms with van der Waals surface area (Å²) in [6, 6.07) is 6.15. The van der Waals surface area contributed by atoms with Crippen LogP contribution in [0.3, 0.4) is 0 Å². The maximum atomic E-state index is 14.4. The van der Waals surface area contributed by atoms with Crippen LogP contribution in [-0.2, 0) is 9.53 Å². The lowest BCUT2D eigenvalue weighted by molar-refractivity contribution is -0.136. The second kappa shape index (κ2) is 5.80. The Balaban J connectivity index is 2.33. The number of ether oxygens (including phenoxy) is 1. The molecule has 1 atom stereocenters. The lowest BCUT2D eigenvalue weighted by Gasteiger charge is -2.29. The number of halogens is 1. The minimum atomic E-state index is -0.796. The van der Waals surface area contributed by atoms with Gasteiger partial charge in [0.15, 0.2) is 0 Å². The second-order valence-electron chi connectivity index (χ2n) is 5.34. The molecule has 5 N–H and O–H groups in total. The molecule has 0 saturated carbocycles. The van der Waals surface area contributed by atoms with Crippen molar-refractivity contribution in [1.29, 1.82) is 0 Å².